The van der Waals surface area contributed by atoms with Crippen LogP contribution in [0.1, 0.15) is 33.1 Å². The molecule has 2 nitrogen and oxygen atoms in total. The molecule has 84 valence electrons. The van der Waals surface area contributed by atoms with E-state index in [9.17, 15) is 0 Å². The van der Waals surface area contributed by atoms with Gasteiger partial charge in [0.1, 0.15) is 12.4 Å². The minimum atomic E-state index is 0.871. The predicted octanol–water partition coefficient (Wildman–Crippen LogP) is 2.38. The normalized spacial score (nSPS) is 26.4. The fraction of sp³-hybridized carbons (Fsp3) is 0.769. The molecule has 15 heavy (non-hydrogen) atoms. The Kier molecular flexibility index (Phi) is 3.13. The third-order valence-corrected chi connectivity index (χ3v) is 3.82. The van der Waals surface area contributed by atoms with Crippen LogP contribution in [0.5, 0.6) is 0 Å². The van der Waals surface area contributed by atoms with Crippen LogP contribution in [-0.2, 0) is 13.6 Å². The molecule has 2 unspecified atom stereocenters. The highest BCUT2D eigenvalue weighted by Gasteiger charge is 2.27. The van der Waals surface area contributed by atoms with Crippen LogP contribution in [0.25, 0.3) is 0 Å². The lowest BCUT2D eigenvalue weighted by Crippen LogP contribution is -2.24. The van der Waals surface area contributed by atoms with Gasteiger partial charge in [-0.05, 0) is 37.0 Å². The summed E-state index contributed by atoms with van der Waals surface area (Å²) in [5, 5.41) is 0. The number of aromatic nitrogens is 2. The van der Waals surface area contributed by atoms with Gasteiger partial charge in [-0.25, -0.2) is 9.13 Å². The summed E-state index contributed by atoms with van der Waals surface area (Å²) >= 11 is 0. The largest absolute Gasteiger partial charge is 0.243 e. The Morgan fingerprint density at radius 3 is 2.73 bits per heavy atom. The summed E-state index contributed by atoms with van der Waals surface area (Å²) in [6, 6.07) is 0. The van der Waals surface area contributed by atoms with Gasteiger partial charge >= 0.3 is 0 Å². The van der Waals surface area contributed by atoms with Crippen LogP contribution in [0.4, 0.5) is 0 Å². The Bertz CT molecular complexity index is 314. The number of imidazole rings is 1. The van der Waals surface area contributed by atoms with E-state index in [0.29, 0.717) is 0 Å². The second-order valence-electron chi connectivity index (χ2n) is 5.46. The molecule has 1 fully saturated rings. The molecular weight excluding hydrogens is 184 g/mol. The SMILES string of the molecule is CC(C)C1CCC(Cn2cc[n+](C)c2)C1. The molecule has 1 aromatic rings. The first-order valence-corrected chi connectivity index (χ1v) is 6.16. The van der Waals surface area contributed by atoms with Crippen molar-refractivity contribution in [3.63, 3.8) is 0 Å². The van der Waals surface area contributed by atoms with Gasteiger partial charge in [0.15, 0.2) is 0 Å². The Labute approximate surface area is 92.9 Å². The van der Waals surface area contributed by atoms with Gasteiger partial charge < -0.3 is 0 Å². The Morgan fingerprint density at radius 2 is 2.20 bits per heavy atom. The van der Waals surface area contributed by atoms with Gasteiger partial charge in [0.25, 0.3) is 0 Å². The maximum Gasteiger partial charge on any atom is 0.243 e. The van der Waals surface area contributed by atoms with E-state index in [2.05, 4.69) is 48.8 Å². The molecule has 0 radical (unpaired) electrons. The third-order valence-electron chi connectivity index (χ3n) is 3.82. The molecule has 0 aromatic carbocycles. The summed E-state index contributed by atoms with van der Waals surface area (Å²) in [6.45, 7) is 5.94. The molecule has 1 heterocycles. The number of hydrogen-bond acceptors (Lipinski definition) is 0. The molecule has 0 N–H and O–H groups in total. The predicted molar refractivity (Wildman–Crippen MR) is 61.3 cm³/mol. The standard InChI is InChI=1S/C13H23N2/c1-11(2)13-5-4-12(8-13)9-15-7-6-14(3)10-15/h6-7,10-13H,4-5,8-9H2,1-3H3/q+1. The minimum absolute atomic E-state index is 0.871. The van der Waals surface area contributed by atoms with Crippen molar-refractivity contribution >= 4 is 0 Å². The van der Waals surface area contributed by atoms with Crippen LogP contribution in [0.15, 0.2) is 18.7 Å². The maximum absolute atomic E-state index is 2.36. The molecule has 0 amide bonds. The van der Waals surface area contributed by atoms with Crippen LogP contribution >= 0.6 is 0 Å². The van der Waals surface area contributed by atoms with E-state index in [1.54, 1.807) is 0 Å². The highest BCUT2D eigenvalue weighted by molar-refractivity contribution is 4.79. The zero-order chi connectivity index (χ0) is 10.8. The van der Waals surface area contributed by atoms with Crippen molar-refractivity contribution in [3.05, 3.63) is 18.7 Å². The van der Waals surface area contributed by atoms with Gasteiger partial charge in [-0.15, -0.1) is 0 Å². The molecule has 0 spiro atoms. The van der Waals surface area contributed by atoms with Crippen LogP contribution in [0.2, 0.25) is 0 Å². The Hall–Kier alpha value is -0.790. The summed E-state index contributed by atoms with van der Waals surface area (Å²) in [5.74, 6) is 2.75. The molecule has 1 aliphatic carbocycles. The first kappa shape index (κ1) is 10.7. The highest BCUT2D eigenvalue weighted by Crippen LogP contribution is 2.36. The zero-order valence-corrected chi connectivity index (χ0v) is 10.2. The molecule has 1 saturated carbocycles. The van der Waals surface area contributed by atoms with Crippen molar-refractivity contribution in [1.29, 1.82) is 0 Å². The molecule has 0 saturated heterocycles. The number of aryl methyl sites for hydroxylation is 1. The van der Waals surface area contributed by atoms with E-state index in [1.165, 1.54) is 25.8 Å². The van der Waals surface area contributed by atoms with E-state index in [1.807, 2.05) is 0 Å². The van der Waals surface area contributed by atoms with Crippen molar-refractivity contribution in [2.45, 2.75) is 39.7 Å². The quantitative estimate of drug-likeness (QED) is 0.673. The summed E-state index contributed by atoms with van der Waals surface area (Å²) < 4.78 is 4.45. The molecular formula is C13H23N2+. The Morgan fingerprint density at radius 1 is 1.40 bits per heavy atom. The van der Waals surface area contributed by atoms with Crippen molar-refractivity contribution in [2.24, 2.45) is 24.8 Å². The van der Waals surface area contributed by atoms with Crippen LogP contribution in [0.3, 0.4) is 0 Å². The molecule has 2 heteroatoms. The van der Waals surface area contributed by atoms with E-state index in [4.69, 9.17) is 0 Å². The average Bonchev–Trinajstić information content (AvgIpc) is 2.76. The van der Waals surface area contributed by atoms with E-state index < -0.39 is 0 Å². The topological polar surface area (TPSA) is 8.81 Å². The van der Waals surface area contributed by atoms with Gasteiger partial charge in [0.2, 0.25) is 6.33 Å². The molecule has 2 rings (SSSR count). The monoisotopic (exact) mass is 207 g/mol. The summed E-state index contributed by atoms with van der Waals surface area (Å²) in [4.78, 5) is 0. The second-order valence-corrected chi connectivity index (χ2v) is 5.46. The lowest BCUT2D eigenvalue weighted by Gasteiger charge is -2.13. The van der Waals surface area contributed by atoms with Crippen molar-refractivity contribution in [3.8, 4) is 0 Å². The number of hydrogen-bond donors (Lipinski definition) is 0. The average molecular weight is 207 g/mol. The molecule has 0 aliphatic heterocycles. The van der Waals surface area contributed by atoms with Crippen molar-refractivity contribution in [2.75, 3.05) is 0 Å². The third kappa shape index (κ3) is 2.61. The van der Waals surface area contributed by atoms with Gasteiger partial charge in [0.05, 0.1) is 13.6 Å². The molecule has 1 aliphatic rings. The molecule has 0 bridgehead atoms. The summed E-state index contributed by atoms with van der Waals surface area (Å²) in [7, 11) is 2.09. The first-order valence-electron chi connectivity index (χ1n) is 6.16. The molecule has 2 atom stereocenters. The van der Waals surface area contributed by atoms with Gasteiger partial charge in [-0.2, -0.15) is 0 Å². The van der Waals surface area contributed by atoms with Crippen molar-refractivity contribution in [1.82, 2.24) is 4.57 Å². The van der Waals surface area contributed by atoms with Gasteiger partial charge in [-0.1, -0.05) is 13.8 Å². The fourth-order valence-corrected chi connectivity index (χ4v) is 2.79. The molecule has 1 aromatic heterocycles. The van der Waals surface area contributed by atoms with E-state index >= 15 is 0 Å². The van der Waals surface area contributed by atoms with Crippen LogP contribution < -0.4 is 4.57 Å². The zero-order valence-electron chi connectivity index (χ0n) is 10.2. The van der Waals surface area contributed by atoms with Gasteiger partial charge in [0, 0.05) is 0 Å². The smallest absolute Gasteiger partial charge is 0.240 e. The van der Waals surface area contributed by atoms with E-state index in [-0.39, 0.29) is 0 Å². The van der Waals surface area contributed by atoms with Crippen molar-refractivity contribution < 1.29 is 4.57 Å². The fourth-order valence-electron chi connectivity index (χ4n) is 2.79. The second kappa shape index (κ2) is 4.38. The van der Waals surface area contributed by atoms with Crippen LogP contribution in [0, 0.1) is 17.8 Å². The van der Waals surface area contributed by atoms with Crippen LogP contribution in [-0.4, -0.2) is 4.57 Å². The van der Waals surface area contributed by atoms with Gasteiger partial charge in [-0.3, -0.25) is 0 Å². The number of rotatable bonds is 3. The lowest BCUT2D eigenvalue weighted by atomic mass is 9.93. The van der Waals surface area contributed by atoms with E-state index in [0.717, 1.165) is 17.8 Å². The maximum atomic E-state index is 2.36. The first-order chi connectivity index (χ1) is 7.15. The lowest BCUT2D eigenvalue weighted by molar-refractivity contribution is -0.671. The summed E-state index contributed by atoms with van der Waals surface area (Å²) in [5.41, 5.74) is 0. The minimum Gasteiger partial charge on any atom is -0.240 e. The number of nitrogens with zero attached hydrogens (tertiary/aromatic N) is 2. The Balaban J connectivity index is 1.87. The highest BCUT2D eigenvalue weighted by atomic mass is 15.1. The summed E-state index contributed by atoms with van der Waals surface area (Å²) in [6.07, 6.45) is 10.8.